The molecule has 0 aliphatic heterocycles. The molecular formula is C19H26O4S. The summed E-state index contributed by atoms with van der Waals surface area (Å²) in [4.78, 5) is 1.13. The first-order valence-electron chi connectivity index (χ1n) is 7.86. The predicted molar refractivity (Wildman–Crippen MR) is 100 cm³/mol. The summed E-state index contributed by atoms with van der Waals surface area (Å²) in [6.07, 6.45) is 4.98. The molecule has 0 heterocycles. The Morgan fingerprint density at radius 3 is 2.21 bits per heavy atom. The average molecular weight is 350 g/mol. The van der Waals surface area contributed by atoms with Crippen LogP contribution in [0.15, 0.2) is 41.3 Å². The van der Waals surface area contributed by atoms with Crippen LogP contribution in [0.3, 0.4) is 0 Å². The molecule has 2 aromatic carbocycles. The van der Waals surface area contributed by atoms with Crippen LogP contribution in [0.25, 0.3) is 0 Å². The minimum absolute atomic E-state index is 0.120. The Hall–Kier alpha value is -2.01. The van der Waals surface area contributed by atoms with Crippen LogP contribution in [0.1, 0.15) is 25.8 Å². The SMILES string of the molecule is C[SH](C)c1ccc(OCCC(C)(C)c2ccc(O)c(O)c2)c(O)c1. The molecule has 0 aliphatic carbocycles. The molecule has 2 rings (SSSR count). The lowest BCUT2D eigenvalue weighted by atomic mass is 9.82. The standard InChI is InChI=1S/C19H26O4S/c1-19(2,13-5-7-15(20)16(21)11-13)9-10-23-18-8-6-14(24(3)4)12-17(18)22/h5-8,11-12,20-22,24H,9-10H2,1-4H3. The minimum atomic E-state index is -0.251. The first-order valence-corrected chi connectivity index (χ1v) is 10.1. The second kappa shape index (κ2) is 7.26. The van der Waals surface area contributed by atoms with Gasteiger partial charge >= 0.3 is 0 Å². The fourth-order valence-electron chi connectivity index (χ4n) is 2.41. The van der Waals surface area contributed by atoms with Crippen LogP contribution in [0.2, 0.25) is 0 Å². The van der Waals surface area contributed by atoms with Gasteiger partial charge in [-0.2, -0.15) is 0 Å². The first-order chi connectivity index (χ1) is 11.2. The second-order valence-electron chi connectivity index (χ2n) is 6.73. The van der Waals surface area contributed by atoms with Crippen molar-refractivity contribution in [2.45, 2.75) is 30.6 Å². The smallest absolute Gasteiger partial charge is 0.160 e. The third-order valence-corrected chi connectivity index (χ3v) is 5.51. The van der Waals surface area contributed by atoms with E-state index in [1.807, 2.05) is 26.0 Å². The maximum atomic E-state index is 10.1. The number of phenolic OH excluding ortho intramolecular Hbond substituents is 3. The highest BCUT2D eigenvalue weighted by Crippen LogP contribution is 2.37. The van der Waals surface area contributed by atoms with Crippen LogP contribution >= 0.6 is 10.9 Å². The zero-order valence-electron chi connectivity index (χ0n) is 14.6. The molecule has 0 atom stereocenters. The van der Waals surface area contributed by atoms with Crippen molar-refractivity contribution in [3.8, 4) is 23.0 Å². The quantitative estimate of drug-likeness (QED) is 0.466. The van der Waals surface area contributed by atoms with Crippen molar-refractivity contribution in [3.63, 3.8) is 0 Å². The van der Waals surface area contributed by atoms with Gasteiger partial charge in [0.05, 0.1) is 6.61 Å². The minimum Gasteiger partial charge on any atom is -0.504 e. The molecular weight excluding hydrogens is 324 g/mol. The van der Waals surface area contributed by atoms with E-state index in [1.54, 1.807) is 18.2 Å². The molecule has 0 fully saturated rings. The van der Waals surface area contributed by atoms with Crippen molar-refractivity contribution >= 4 is 10.9 Å². The molecule has 132 valence electrons. The number of thiol groups is 1. The molecule has 0 aromatic heterocycles. The van der Waals surface area contributed by atoms with Gasteiger partial charge in [-0.05, 0) is 65.1 Å². The average Bonchev–Trinajstić information content (AvgIpc) is 2.51. The Kier molecular flexibility index (Phi) is 5.54. The third kappa shape index (κ3) is 4.29. The maximum Gasteiger partial charge on any atom is 0.160 e. The van der Waals surface area contributed by atoms with Crippen molar-refractivity contribution in [3.05, 3.63) is 42.0 Å². The number of rotatable bonds is 6. The normalized spacial score (nSPS) is 12.1. The van der Waals surface area contributed by atoms with Crippen molar-refractivity contribution in [1.29, 1.82) is 0 Å². The van der Waals surface area contributed by atoms with Gasteiger partial charge in [0.25, 0.3) is 0 Å². The fourth-order valence-corrected chi connectivity index (χ4v) is 3.16. The zero-order valence-corrected chi connectivity index (χ0v) is 15.5. The number of hydrogen-bond acceptors (Lipinski definition) is 4. The van der Waals surface area contributed by atoms with E-state index >= 15 is 0 Å². The highest BCUT2D eigenvalue weighted by molar-refractivity contribution is 8.15. The molecule has 0 unspecified atom stereocenters. The Balaban J connectivity index is 2.01. The summed E-state index contributed by atoms with van der Waals surface area (Å²) >= 11 is 0. The van der Waals surface area contributed by atoms with E-state index < -0.39 is 0 Å². The number of benzene rings is 2. The summed E-state index contributed by atoms with van der Waals surface area (Å²) < 4.78 is 5.73. The summed E-state index contributed by atoms with van der Waals surface area (Å²) in [6.45, 7) is 4.54. The molecule has 0 saturated heterocycles. The van der Waals surface area contributed by atoms with Gasteiger partial charge in [-0.1, -0.05) is 19.9 Å². The summed E-state index contributed by atoms with van der Waals surface area (Å²) in [7, 11) is -0.251. The highest BCUT2D eigenvalue weighted by Gasteiger charge is 2.22. The predicted octanol–water partition coefficient (Wildman–Crippen LogP) is 4.17. The van der Waals surface area contributed by atoms with E-state index in [4.69, 9.17) is 4.74 Å². The molecule has 24 heavy (non-hydrogen) atoms. The van der Waals surface area contributed by atoms with Crippen molar-refractivity contribution in [2.24, 2.45) is 0 Å². The maximum absolute atomic E-state index is 10.1. The van der Waals surface area contributed by atoms with Crippen LogP contribution in [-0.4, -0.2) is 34.4 Å². The van der Waals surface area contributed by atoms with Crippen LogP contribution < -0.4 is 4.74 Å². The van der Waals surface area contributed by atoms with Crippen LogP contribution in [0, 0.1) is 0 Å². The molecule has 4 nitrogen and oxygen atoms in total. The summed E-state index contributed by atoms with van der Waals surface area (Å²) in [5, 5.41) is 29.2. The topological polar surface area (TPSA) is 69.9 Å². The van der Waals surface area contributed by atoms with E-state index in [9.17, 15) is 15.3 Å². The second-order valence-corrected chi connectivity index (χ2v) is 9.04. The molecule has 5 heteroatoms. The van der Waals surface area contributed by atoms with Gasteiger partial charge < -0.3 is 20.1 Å². The lowest BCUT2D eigenvalue weighted by Gasteiger charge is -2.25. The van der Waals surface area contributed by atoms with Crippen LogP contribution in [0.5, 0.6) is 23.0 Å². The summed E-state index contributed by atoms with van der Waals surface area (Å²) in [6, 6.07) is 10.4. The molecule has 2 aromatic rings. The van der Waals surface area contributed by atoms with Gasteiger partial charge in [0.15, 0.2) is 23.0 Å². The van der Waals surface area contributed by atoms with E-state index in [2.05, 4.69) is 12.5 Å². The van der Waals surface area contributed by atoms with E-state index in [0.717, 1.165) is 10.5 Å². The lowest BCUT2D eigenvalue weighted by Crippen LogP contribution is -2.20. The Labute approximate surface area is 146 Å². The first kappa shape index (κ1) is 18.3. The molecule has 0 aliphatic rings. The van der Waals surface area contributed by atoms with Crippen molar-refractivity contribution < 1.29 is 20.1 Å². The molecule has 0 bridgehead atoms. The Bertz CT molecular complexity index is 711. The van der Waals surface area contributed by atoms with E-state index in [1.165, 1.54) is 6.07 Å². The number of ether oxygens (including phenoxy) is 1. The van der Waals surface area contributed by atoms with Gasteiger partial charge in [-0.3, -0.25) is 0 Å². The van der Waals surface area contributed by atoms with Gasteiger partial charge in [0.1, 0.15) is 0 Å². The van der Waals surface area contributed by atoms with Crippen molar-refractivity contribution in [1.82, 2.24) is 0 Å². The zero-order chi connectivity index (χ0) is 17.9. The number of aromatic hydroxyl groups is 3. The Morgan fingerprint density at radius 1 is 0.917 bits per heavy atom. The van der Waals surface area contributed by atoms with Gasteiger partial charge in [-0.25, -0.2) is 10.9 Å². The monoisotopic (exact) mass is 350 g/mol. The summed E-state index contributed by atoms with van der Waals surface area (Å²) in [5.74, 6) is 0.414. The van der Waals surface area contributed by atoms with Gasteiger partial charge in [0, 0.05) is 0 Å². The molecule has 3 N–H and O–H groups in total. The number of hydrogen-bond donors (Lipinski definition) is 4. The third-order valence-electron chi connectivity index (χ3n) is 4.20. The van der Waals surface area contributed by atoms with Crippen molar-refractivity contribution in [2.75, 3.05) is 19.1 Å². The van der Waals surface area contributed by atoms with Gasteiger partial charge in [0.2, 0.25) is 0 Å². The van der Waals surface area contributed by atoms with E-state index in [0.29, 0.717) is 18.8 Å². The summed E-state index contributed by atoms with van der Waals surface area (Å²) in [5.41, 5.74) is 0.686. The highest BCUT2D eigenvalue weighted by atomic mass is 32.2. The van der Waals surface area contributed by atoms with Gasteiger partial charge in [-0.15, -0.1) is 0 Å². The molecule has 0 radical (unpaired) electrons. The van der Waals surface area contributed by atoms with E-state index in [-0.39, 0.29) is 33.6 Å². The Morgan fingerprint density at radius 2 is 1.62 bits per heavy atom. The molecule has 0 saturated carbocycles. The molecule has 0 spiro atoms. The largest absolute Gasteiger partial charge is 0.504 e. The molecule has 0 amide bonds. The van der Waals surface area contributed by atoms with Crippen LogP contribution in [0.4, 0.5) is 0 Å². The lowest BCUT2D eigenvalue weighted by molar-refractivity contribution is 0.261. The van der Waals surface area contributed by atoms with Crippen LogP contribution in [-0.2, 0) is 5.41 Å². The fraction of sp³-hybridized carbons (Fsp3) is 0.368. The number of phenols is 3.